The molecule has 0 bridgehead atoms. The van der Waals surface area contributed by atoms with Gasteiger partial charge in [-0.25, -0.2) is 0 Å². The molecule has 1 fully saturated rings. The summed E-state index contributed by atoms with van der Waals surface area (Å²) in [5.41, 5.74) is 1.03. The lowest BCUT2D eigenvalue weighted by atomic mass is 10.2. The van der Waals surface area contributed by atoms with E-state index >= 15 is 0 Å². The molecular formula is C17H18N4O4. The van der Waals surface area contributed by atoms with Crippen LogP contribution in [0.1, 0.15) is 12.8 Å². The fourth-order valence-electron chi connectivity index (χ4n) is 2.84. The molecule has 2 aromatic rings. The number of carbonyl (C=O) groups is 1. The van der Waals surface area contributed by atoms with Crippen molar-refractivity contribution in [3.63, 3.8) is 0 Å². The minimum atomic E-state index is -0.606. The van der Waals surface area contributed by atoms with Crippen molar-refractivity contribution >= 4 is 23.0 Å². The zero-order chi connectivity index (χ0) is 17.8. The number of amides is 1. The van der Waals surface area contributed by atoms with E-state index in [-0.39, 0.29) is 12.2 Å². The monoisotopic (exact) mass is 342 g/mol. The Kier molecular flexibility index (Phi) is 4.78. The van der Waals surface area contributed by atoms with Crippen LogP contribution >= 0.6 is 0 Å². The minimum absolute atomic E-state index is 0.234. The first-order chi connectivity index (χ1) is 12.0. The zero-order valence-electron chi connectivity index (χ0n) is 13.6. The second-order valence-corrected chi connectivity index (χ2v) is 5.90. The van der Waals surface area contributed by atoms with Crippen LogP contribution in [0.2, 0.25) is 0 Å². The lowest BCUT2D eigenvalue weighted by molar-refractivity contribution is -0.385. The van der Waals surface area contributed by atoms with Gasteiger partial charge in [-0.1, -0.05) is 0 Å². The number of carbonyl (C=O) groups excluding carboxylic acids is 1. The van der Waals surface area contributed by atoms with E-state index in [0.717, 1.165) is 41.7 Å². The van der Waals surface area contributed by atoms with Crippen LogP contribution < -0.4 is 15.8 Å². The van der Waals surface area contributed by atoms with Gasteiger partial charge in [-0.2, -0.15) is 0 Å². The highest BCUT2D eigenvalue weighted by atomic mass is 16.6. The Bertz CT molecular complexity index is 838. The van der Waals surface area contributed by atoms with E-state index in [1.54, 1.807) is 0 Å². The van der Waals surface area contributed by atoms with Gasteiger partial charge in [0.1, 0.15) is 6.54 Å². The summed E-state index contributed by atoms with van der Waals surface area (Å²) in [7, 11) is 0. The van der Waals surface area contributed by atoms with Crippen molar-refractivity contribution in [3.8, 4) is 0 Å². The molecule has 1 aliphatic heterocycles. The van der Waals surface area contributed by atoms with Gasteiger partial charge in [0.15, 0.2) is 0 Å². The molecule has 3 rings (SSSR count). The molecule has 1 aromatic heterocycles. The van der Waals surface area contributed by atoms with E-state index < -0.39 is 16.4 Å². The van der Waals surface area contributed by atoms with E-state index in [1.165, 1.54) is 12.8 Å². The lowest BCUT2D eigenvalue weighted by Crippen LogP contribution is -2.27. The third-order valence-corrected chi connectivity index (χ3v) is 4.11. The van der Waals surface area contributed by atoms with Crippen molar-refractivity contribution < 1.29 is 9.72 Å². The predicted octanol–water partition coefficient (Wildman–Crippen LogP) is 2.00. The van der Waals surface area contributed by atoms with Crippen LogP contribution in [0.15, 0.2) is 47.4 Å². The lowest BCUT2D eigenvalue weighted by Gasteiger charge is -2.17. The van der Waals surface area contributed by atoms with Gasteiger partial charge in [0.05, 0.1) is 11.1 Å². The van der Waals surface area contributed by atoms with Crippen LogP contribution in [0.5, 0.6) is 0 Å². The zero-order valence-corrected chi connectivity index (χ0v) is 13.6. The highest BCUT2D eigenvalue weighted by Crippen LogP contribution is 2.22. The molecule has 0 spiro atoms. The van der Waals surface area contributed by atoms with E-state index in [2.05, 4.69) is 10.2 Å². The first-order valence-electron chi connectivity index (χ1n) is 8.03. The molecule has 2 heterocycles. The standard InChI is InChI=1S/C17H18N4O4/c22-16(12-20-11-15(21(24)25)7-8-17(20)23)18-13-3-5-14(6-4-13)19-9-1-2-10-19/h3-8,11H,1-2,9-10,12H2,(H,18,22). The molecule has 130 valence electrons. The third kappa shape index (κ3) is 4.03. The summed E-state index contributed by atoms with van der Waals surface area (Å²) in [5, 5.41) is 13.5. The summed E-state index contributed by atoms with van der Waals surface area (Å²) in [6, 6.07) is 9.70. The molecule has 25 heavy (non-hydrogen) atoms. The van der Waals surface area contributed by atoms with Crippen molar-refractivity contribution in [3.05, 3.63) is 63.1 Å². The first kappa shape index (κ1) is 16.7. The Morgan fingerprint density at radius 3 is 2.44 bits per heavy atom. The van der Waals surface area contributed by atoms with E-state index in [0.29, 0.717) is 5.69 Å². The fraction of sp³-hybridized carbons (Fsp3) is 0.294. The second kappa shape index (κ2) is 7.16. The van der Waals surface area contributed by atoms with Gasteiger partial charge in [-0.05, 0) is 37.1 Å². The number of benzene rings is 1. The number of hydrogen-bond acceptors (Lipinski definition) is 5. The summed E-state index contributed by atoms with van der Waals surface area (Å²) >= 11 is 0. The van der Waals surface area contributed by atoms with Gasteiger partial charge in [-0.15, -0.1) is 0 Å². The SMILES string of the molecule is O=C(Cn1cc([N+](=O)[O-])ccc1=O)Nc1ccc(N2CCCC2)cc1. The molecule has 1 aromatic carbocycles. The molecule has 8 heteroatoms. The number of nitrogens with zero attached hydrogens (tertiary/aromatic N) is 3. The van der Waals surface area contributed by atoms with Crippen molar-refractivity contribution in [2.24, 2.45) is 0 Å². The smallest absolute Gasteiger partial charge is 0.285 e. The third-order valence-electron chi connectivity index (χ3n) is 4.11. The summed E-state index contributed by atoms with van der Waals surface area (Å²) in [4.78, 5) is 36.3. The summed E-state index contributed by atoms with van der Waals surface area (Å²) in [6.07, 6.45) is 3.45. The van der Waals surface area contributed by atoms with Gasteiger partial charge >= 0.3 is 0 Å². The molecule has 8 nitrogen and oxygen atoms in total. The molecule has 0 radical (unpaired) electrons. The van der Waals surface area contributed by atoms with E-state index in [1.807, 2.05) is 24.3 Å². The molecule has 1 aliphatic rings. The van der Waals surface area contributed by atoms with E-state index in [4.69, 9.17) is 0 Å². The summed E-state index contributed by atoms with van der Waals surface area (Å²) < 4.78 is 1.02. The number of rotatable bonds is 5. The number of nitrogens with one attached hydrogen (secondary N) is 1. The van der Waals surface area contributed by atoms with Crippen LogP contribution in [0.3, 0.4) is 0 Å². The van der Waals surface area contributed by atoms with E-state index in [9.17, 15) is 19.7 Å². The van der Waals surface area contributed by atoms with Crippen molar-refractivity contribution in [2.75, 3.05) is 23.3 Å². The number of anilines is 2. The summed E-state index contributed by atoms with van der Waals surface area (Å²) in [6.45, 7) is 1.80. The predicted molar refractivity (Wildman–Crippen MR) is 93.9 cm³/mol. The molecule has 1 amide bonds. The number of hydrogen-bond donors (Lipinski definition) is 1. The Hall–Kier alpha value is -3.16. The molecule has 1 N–H and O–H groups in total. The molecule has 1 saturated heterocycles. The minimum Gasteiger partial charge on any atom is -0.372 e. The largest absolute Gasteiger partial charge is 0.372 e. The van der Waals surface area contributed by atoms with Crippen molar-refractivity contribution in [2.45, 2.75) is 19.4 Å². The molecule has 0 atom stereocenters. The van der Waals surface area contributed by atoms with Crippen LogP contribution in [0, 0.1) is 10.1 Å². The number of pyridine rings is 1. The van der Waals surface area contributed by atoms with Crippen molar-refractivity contribution in [1.29, 1.82) is 0 Å². The Balaban J connectivity index is 1.65. The van der Waals surface area contributed by atoms with Crippen LogP contribution in [-0.4, -0.2) is 28.5 Å². The first-order valence-corrected chi connectivity index (χ1v) is 8.03. The van der Waals surface area contributed by atoms with Crippen molar-refractivity contribution in [1.82, 2.24) is 4.57 Å². The maximum absolute atomic E-state index is 12.1. The Labute approximate surface area is 143 Å². The van der Waals surface area contributed by atoms with Gasteiger partial charge in [-0.3, -0.25) is 24.3 Å². The maximum atomic E-state index is 12.1. The highest BCUT2D eigenvalue weighted by Gasteiger charge is 2.13. The van der Waals surface area contributed by atoms with Crippen LogP contribution in [0.4, 0.5) is 17.1 Å². The van der Waals surface area contributed by atoms with Gasteiger partial charge < -0.3 is 10.2 Å². The Morgan fingerprint density at radius 2 is 1.80 bits per heavy atom. The van der Waals surface area contributed by atoms with Gasteiger partial charge in [0.25, 0.3) is 11.2 Å². The van der Waals surface area contributed by atoms with Gasteiger partial charge in [0, 0.05) is 36.6 Å². The fourth-order valence-corrected chi connectivity index (χ4v) is 2.84. The topological polar surface area (TPSA) is 97.5 Å². The van der Waals surface area contributed by atoms with Gasteiger partial charge in [0.2, 0.25) is 5.91 Å². The number of nitro groups is 1. The average molecular weight is 342 g/mol. The highest BCUT2D eigenvalue weighted by molar-refractivity contribution is 5.90. The normalized spacial score (nSPS) is 13.7. The quantitative estimate of drug-likeness (QED) is 0.662. The number of aromatic nitrogens is 1. The Morgan fingerprint density at radius 1 is 1.12 bits per heavy atom. The van der Waals surface area contributed by atoms with Crippen LogP contribution in [0.25, 0.3) is 0 Å². The second-order valence-electron chi connectivity index (χ2n) is 5.90. The average Bonchev–Trinajstić information content (AvgIpc) is 3.12. The molecule has 0 unspecified atom stereocenters. The molecular weight excluding hydrogens is 324 g/mol. The van der Waals surface area contributed by atoms with Crippen LogP contribution in [-0.2, 0) is 11.3 Å². The summed E-state index contributed by atoms with van der Waals surface area (Å²) in [5.74, 6) is -0.420. The maximum Gasteiger partial charge on any atom is 0.285 e. The molecule has 0 saturated carbocycles. The molecule has 0 aliphatic carbocycles.